The topological polar surface area (TPSA) is 3.24 Å². The van der Waals surface area contributed by atoms with Gasteiger partial charge in [-0.25, -0.2) is 0 Å². The van der Waals surface area contributed by atoms with E-state index in [2.05, 4.69) is 278 Å². The Labute approximate surface area is 381 Å². The molecule has 0 aliphatic rings. The lowest BCUT2D eigenvalue weighted by Gasteiger charge is -2.26. The van der Waals surface area contributed by atoms with Gasteiger partial charge in [-0.3, -0.25) is 0 Å². The van der Waals surface area contributed by atoms with Gasteiger partial charge in [0.2, 0.25) is 0 Å². The molecule has 0 heterocycles. The number of benzene rings is 11. The van der Waals surface area contributed by atoms with Crippen LogP contribution in [0.15, 0.2) is 273 Å². The fraction of sp³-hybridized carbons (Fsp3) is 0. The van der Waals surface area contributed by atoms with E-state index in [-0.39, 0.29) is 0 Å². The number of hydrogen-bond donors (Lipinski definition) is 0. The molecule has 0 aromatic heterocycles. The first-order chi connectivity index (χ1) is 32.2. The van der Waals surface area contributed by atoms with Crippen LogP contribution in [0.1, 0.15) is 0 Å². The molecule has 65 heavy (non-hydrogen) atoms. The predicted octanol–water partition coefficient (Wildman–Crippen LogP) is 18.0. The highest BCUT2D eigenvalue weighted by atomic mass is 15.1. The molecule has 0 aliphatic heterocycles. The zero-order valence-electron chi connectivity index (χ0n) is 35.9. The van der Waals surface area contributed by atoms with E-state index in [0.29, 0.717) is 0 Å². The molecule has 0 N–H and O–H groups in total. The number of fused-ring (bicyclic) bond motifs is 1. The van der Waals surface area contributed by atoms with Crippen LogP contribution in [0.5, 0.6) is 0 Å². The minimum absolute atomic E-state index is 1.08. The minimum atomic E-state index is 1.08. The zero-order chi connectivity index (χ0) is 43.4. The number of hydrogen-bond acceptors (Lipinski definition) is 1. The largest absolute Gasteiger partial charge is 0.311 e. The Bertz CT molecular complexity index is 3360. The second-order valence-electron chi connectivity index (χ2n) is 16.5. The van der Waals surface area contributed by atoms with Crippen LogP contribution < -0.4 is 4.90 Å². The Morgan fingerprint density at radius 2 is 0.508 bits per heavy atom. The Morgan fingerprint density at radius 1 is 0.185 bits per heavy atom. The van der Waals surface area contributed by atoms with Gasteiger partial charge in [0.15, 0.2) is 0 Å². The molecule has 11 aromatic carbocycles. The van der Waals surface area contributed by atoms with E-state index < -0.39 is 0 Å². The number of rotatable bonds is 10. The monoisotopic (exact) mass is 827 g/mol. The van der Waals surface area contributed by atoms with Gasteiger partial charge in [0.05, 0.1) is 0 Å². The molecule has 1 heteroatoms. The highest BCUT2D eigenvalue weighted by molar-refractivity contribution is 6.00. The molecule has 0 spiro atoms. The third kappa shape index (κ3) is 8.04. The smallest absolute Gasteiger partial charge is 0.0462 e. The molecular weight excluding hydrogens is 783 g/mol. The fourth-order valence-corrected chi connectivity index (χ4v) is 9.21. The van der Waals surface area contributed by atoms with E-state index in [1.54, 1.807) is 0 Å². The van der Waals surface area contributed by atoms with Crippen LogP contribution in [0.2, 0.25) is 0 Å². The maximum Gasteiger partial charge on any atom is 0.0462 e. The van der Waals surface area contributed by atoms with Gasteiger partial charge in [-0.15, -0.1) is 0 Å². The minimum Gasteiger partial charge on any atom is -0.311 e. The molecular formula is C64H45N. The Kier molecular flexibility index (Phi) is 10.7. The quantitative estimate of drug-likeness (QED) is 0.133. The molecule has 0 bridgehead atoms. The van der Waals surface area contributed by atoms with Crippen molar-refractivity contribution in [2.75, 3.05) is 4.90 Å². The molecule has 0 radical (unpaired) electrons. The molecule has 1 nitrogen and oxygen atoms in total. The van der Waals surface area contributed by atoms with Gasteiger partial charge < -0.3 is 4.90 Å². The summed E-state index contributed by atoms with van der Waals surface area (Å²) in [7, 11) is 0. The summed E-state index contributed by atoms with van der Waals surface area (Å²) in [6.07, 6.45) is 0. The molecule has 0 amide bonds. The average molecular weight is 828 g/mol. The van der Waals surface area contributed by atoms with Gasteiger partial charge in [0.25, 0.3) is 0 Å². The summed E-state index contributed by atoms with van der Waals surface area (Å²) in [4.78, 5) is 2.36. The SMILES string of the molecule is c1ccc(-c2ccc(-c3ccc(N(c4ccc(-c5ccc6ccccc6c5)cc4)c4ccc(-c5cccc(-c6ccccc6)c5-c5ccccc5-c5ccccc5)cc4)cc3)cc2)cc1. The first-order valence-electron chi connectivity index (χ1n) is 22.3. The van der Waals surface area contributed by atoms with Crippen LogP contribution in [0.4, 0.5) is 17.1 Å². The van der Waals surface area contributed by atoms with E-state index in [1.807, 2.05) is 0 Å². The summed E-state index contributed by atoms with van der Waals surface area (Å²) in [6.45, 7) is 0. The standard InChI is InChI=1S/C64H45N/c1-4-15-46(16-5-1)48-27-29-49(30-28-48)50-33-39-57(40-34-50)65(58-41-35-51(36-42-58)56-32-31-47-17-10-11-22-55(47)45-56)59-43-37-54(38-44-59)62-26-14-25-61(53-20-8-3-9-21-53)64(62)63-24-13-12-23-60(63)52-18-6-2-7-19-52/h1-45H. The molecule has 0 aliphatic carbocycles. The first kappa shape index (κ1) is 39.3. The Hall–Kier alpha value is -8.52. The second kappa shape index (κ2) is 17.7. The van der Waals surface area contributed by atoms with Gasteiger partial charge in [-0.1, -0.05) is 231 Å². The van der Waals surface area contributed by atoms with Crippen molar-refractivity contribution in [1.29, 1.82) is 0 Å². The summed E-state index contributed by atoms with van der Waals surface area (Å²) in [6, 6.07) is 98.8. The fourth-order valence-electron chi connectivity index (χ4n) is 9.21. The molecule has 0 atom stereocenters. The maximum absolute atomic E-state index is 2.36. The van der Waals surface area contributed by atoms with E-state index in [9.17, 15) is 0 Å². The van der Waals surface area contributed by atoms with Crippen LogP contribution in [0.3, 0.4) is 0 Å². The van der Waals surface area contributed by atoms with Gasteiger partial charge in [-0.2, -0.15) is 0 Å². The van der Waals surface area contributed by atoms with Crippen LogP contribution in [0, 0.1) is 0 Å². The molecule has 11 rings (SSSR count). The molecule has 0 unspecified atom stereocenters. The first-order valence-corrected chi connectivity index (χ1v) is 22.3. The predicted molar refractivity (Wildman–Crippen MR) is 277 cm³/mol. The van der Waals surface area contributed by atoms with Gasteiger partial charge in [-0.05, 0) is 131 Å². The Morgan fingerprint density at radius 3 is 1.03 bits per heavy atom. The Balaban J connectivity index is 0.992. The summed E-state index contributed by atoms with van der Waals surface area (Å²) in [5.41, 5.74) is 20.0. The van der Waals surface area contributed by atoms with E-state index in [4.69, 9.17) is 0 Å². The lowest BCUT2D eigenvalue weighted by Crippen LogP contribution is -2.09. The molecule has 306 valence electrons. The van der Waals surface area contributed by atoms with Gasteiger partial charge in [0.1, 0.15) is 0 Å². The summed E-state index contributed by atoms with van der Waals surface area (Å²) >= 11 is 0. The van der Waals surface area contributed by atoms with E-state index in [0.717, 1.165) is 22.6 Å². The summed E-state index contributed by atoms with van der Waals surface area (Å²) in [5.74, 6) is 0. The van der Waals surface area contributed by atoms with Crippen LogP contribution in [-0.2, 0) is 0 Å². The van der Waals surface area contributed by atoms with Crippen molar-refractivity contribution in [1.82, 2.24) is 0 Å². The van der Waals surface area contributed by atoms with Crippen LogP contribution in [0.25, 0.3) is 88.7 Å². The van der Waals surface area contributed by atoms with Crippen molar-refractivity contribution in [3.63, 3.8) is 0 Å². The van der Waals surface area contributed by atoms with Crippen molar-refractivity contribution >= 4 is 27.8 Å². The van der Waals surface area contributed by atoms with Crippen molar-refractivity contribution in [3.05, 3.63) is 273 Å². The lowest BCUT2D eigenvalue weighted by atomic mass is 9.84. The summed E-state index contributed by atoms with van der Waals surface area (Å²) < 4.78 is 0. The van der Waals surface area contributed by atoms with Crippen molar-refractivity contribution in [3.8, 4) is 77.9 Å². The molecule has 0 saturated carbocycles. The van der Waals surface area contributed by atoms with Crippen molar-refractivity contribution in [2.45, 2.75) is 0 Å². The zero-order valence-corrected chi connectivity index (χ0v) is 35.9. The molecule has 11 aromatic rings. The van der Waals surface area contributed by atoms with Gasteiger partial charge in [0, 0.05) is 17.1 Å². The van der Waals surface area contributed by atoms with E-state index in [1.165, 1.54) is 83.1 Å². The number of anilines is 3. The second-order valence-corrected chi connectivity index (χ2v) is 16.5. The van der Waals surface area contributed by atoms with Gasteiger partial charge >= 0.3 is 0 Å². The van der Waals surface area contributed by atoms with Crippen molar-refractivity contribution in [2.24, 2.45) is 0 Å². The van der Waals surface area contributed by atoms with Crippen LogP contribution >= 0.6 is 0 Å². The average Bonchev–Trinajstić information content (AvgIpc) is 3.40. The van der Waals surface area contributed by atoms with E-state index >= 15 is 0 Å². The molecule has 0 fully saturated rings. The maximum atomic E-state index is 2.36. The highest BCUT2D eigenvalue weighted by Crippen LogP contribution is 2.45. The van der Waals surface area contributed by atoms with Crippen molar-refractivity contribution < 1.29 is 0 Å². The molecule has 0 saturated heterocycles. The third-order valence-electron chi connectivity index (χ3n) is 12.5. The highest BCUT2D eigenvalue weighted by Gasteiger charge is 2.19. The number of nitrogens with zero attached hydrogens (tertiary/aromatic N) is 1. The summed E-state index contributed by atoms with van der Waals surface area (Å²) in [5, 5.41) is 2.49. The van der Waals surface area contributed by atoms with Crippen LogP contribution in [-0.4, -0.2) is 0 Å². The third-order valence-corrected chi connectivity index (χ3v) is 12.5. The lowest BCUT2D eigenvalue weighted by molar-refractivity contribution is 1.28. The normalized spacial score (nSPS) is 11.1.